The number of hydrogen-bond donors (Lipinski definition) is 2. The monoisotopic (exact) mass is 262 g/mol. The van der Waals surface area contributed by atoms with Crippen LogP contribution in [0.2, 0.25) is 0 Å². The number of aliphatic carboxylic acids is 1. The minimum absolute atomic E-state index is 0.154. The van der Waals surface area contributed by atoms with Crippen LogP contribution in [-0.4, -0.2) is 21.0 Å². The van der Waals surface area contributed by atoms with E-state index in [2.05, 4.69) is 4.98 Å². The van der Waals surface area contributed by atoms with Gasteiger partial charge in [0.1, 0.15) is 0 Å². The van der Waals surface area contributed by atoms with E-state index in [0.717, 1.165) is 6.07 Å². The second-order valence-electron chi connectivity index (χ2n) is 4.14. The molecule has 1 heterocycles. The summed E-state index contributed by atoms with van der Waals surface area (Å²) < 4.78 is 0. The largest absolute Gasteiger partial charge is 0.481 e. The van der Waals surface area contributed by atoms with Gasteiger partial charge < -0.3 is 10.1 Å². The van der Waals surface area contributed by atoms with Gasteiger partial charge in [-0.25, -0.2) is 0 Å². The topological polar surface area (TPSA) is 113 Å². The summed E-state index contributed by atoms with van der Waals surface area (Å²) in [6, 6.07) is 5.07. The van der Waals surface area contributed by atoms with E-state index in [9.17, 15) is 19.7 Å². The lowest BCUT2D eigenvalue weighted by atomic mass is 9.97. The van der Waals surface area contributed by atoms with Gasteiger partial charge in [-0.15, -0.1) is 0 Å². The molecule has 2 aromatic rings. The van der Waals surface area contributed by atoms with Crippen molar-refractivity contribution in [2.75, 3.05) is 0 Å². The molecule has 7 heteroatoms. The van der Waals surface area contributed by atoms with E-state index in [1.54, 1.807) is 0 Å². The molecule has 2 N–H and O–H groups in total. The summed E-state index contributed by atoms with van der Waals surface area (Å²) in [5.41, 5.74) is 0.0407. The van der Waals surface area contributed by atoms with Crippen LogP contribution in [0.5, 0.6) is 0 Å². The van der Waals surface area contributed by atoms with Crippen LogP contribution in [0.3, 0.4) is 0 Å². The van der Waals surface area contributed by atoms with Crippen molar-refractivity contribution in [3.05, 3.63) is 50.3 Å². The maximum Gasteiger partial charge on any atom is 0.310 e. The number of carboxylic acid groups (broad SMARTS) is 1. The minimum atomic E-state index is -1.10. The second kappa shape index (κ2) is 4.52. The summed E-state index contributed by atoms with van der Waals surface area (Å²) >= 11 is 0. The number of H-pyrrole nitrogens is 1. The van der Waals surface area contributed by atoms with Crippen molar-refractivity contribution in [2.24, 2.45) is 0 Å². The molecule has 7 nitrogen and oxygen atoms in total. The summed E-state index contributed by atoms with van der Waals surface area (Å²) in [5.74, 6) is -2.02. The van der Waals surface area contributed by atoms with Gasteiger partial charge in [0.2, 0.25) is 5.56 Å². The van der Waals surface area contributed by atoms with Gasteiger partial charge in [-0.3, -0.25) is 19.7 Å². The van der Waals surface area contributed by atoms with Crippen LogP contribution in [-0.2, 0) is 4.79 Å². The fraction of sp³-hybridized carbons (Fsp3) is 0.167. The highest BCUT2D eigenvalue weighted by molar-refractivity contribution is 5.89. The molecule has 98 valence electrons. The number of aromatic nitrogens is 1. The molecule has 0 fully saturated rings. The lowest BCUT2D eigenvalue weighted by molar-refractivity contribution is -0.384. The molecule has 19 heavy (non-hydrogen) atoms. The van der Waals surface area contributed by atoms with Crippen LogP contribution >= 0.6 is 0 Å². The smallest absolute Gasteiger partial charge is 0.310 e. The fourth-order valence-corrected chi connectivity index (χ4v) is 1.87. The number of benzene rings is 1. The summed E-state index contributed by atoms with van der Waals surface area (Å²) in [5, 5.41) is 20.1. The Hall–Kier alpha value is -2.70. The third kappa shape index (κ3) is 2.30. The Labute approximate surface area is 106 Å². The normalized spacial score (nSPS) is 12.3. The van der Waals surface area contributed by atoms with Gasteiger partial charge >= 0.3 is 5.97 Å². The Balaban J connectivity index is 2.80. The summed E-state index contributed by atoms with van der Waals surface area (Å²) in [7, 11) is 0. The Morgan fingerprint density at radius 2 is 2.11 bits per heavy atom. The van der Waals surface area contributed by atoms with Crippen molar-refractivity contribution >= 4 is 22.6 Å². The number of nitrogens with one attached hydrogen (secondary N) is 1. The van der Waals surface area contributed by atoms with E-state index in [0.29, 0.717) is 10.9 Å². The van der Waals surface area contributed by atoms with Gasteiger partial charge in [0.15, 0.2) is 0 Å². The number of nitro groups is 1. The van der Waals surface area contributed by atoms with Gasteiger partial charge in [0, 0.05) is 29.1 Å². The number of pyridine rings is 1. The van der Waals surface area contributed by atoms with Gasteiger partial charge in [0.25, 0.3) is 5.69 Å². The molecule has 0 amide bonds. The third-order valence-corrected chi connectivity index (χ3v) is 2.91. The first-order chi connectivity index (χ1) is 8.90. The molecular weight excluding hydrogens is 252 g/mol. The second-order valence-corrected chi connectivity index (χ2v) is 4.14. The molecule has 1 unspecified atom stereocenters. The molecule has 0 aliphatic heterocycles. The van der Waals surface area contributed by atoms with Crippen LogP contribution in [0.15, 0.2) is 29.1 Å². The summed E-state index contributed by atoms with van der Waals surface area (Å²) in [4.78, 5) is 35.2. The number of non-ortho nitro benzene ring substituents is 1. The molecule has 1 aromatic carbocycles. The van der Waals surface area contributed by atoms with E-state index in [4.69, 9.17) is 5.11 Å². The molecule has 2 rings (SSSR count). The van der Waals surface area contributed by atoms with Crippen LogP contribution in [0, 0.1) is 10.1 Å². The zero-order valence-corrected chi connectivity index (χ0v) is 9.91. The number of aromatic amines is 1. The summed E-state index contributed by atoms with van der Waals surface area (Å²) in [6.07, 6.45) is 0. The fourth-order valence-electron chi connectivity index (χ4n) is 1.87. The highest BCUT2D eigenvalue weighted by Crippen LogP contribution is 2.26. The maximum absolute atomic E-state index is 11.5. The lowest BCUT2D eigenvalue weighted by Gasteiger charge is -2.09. The zero-order chi connectivity index (χ0) is 14.2. The Morgan fingerprint density at radius 1 is 1.42 bits per heavy atom. The molecule has 1 atom stereocenters. The number of carboxylic acids is 1. The number of nitro benzene ring substituents is 1. The molecule has 0 aliphatic rings. The summed E-state index contributed by atoms with van der Waals surface area (Å²) in [6.45, 7) is 1.43. The highest BCUT2D eigenvalue weighted by Gasteiger charge is 2.19. The average molecular weight is 262 g/mol. The molecule has 0 saturated heterocycles. The first-order valence-corrected chi connectivity index (χ1v) is 5.44. The SMILES string of the molecule is CC(C(=O)O)c1cc(=O)[nH]c2ccc([N+](=O)[O-])cc12. The molecule has 0 saturated carbocycles. The van der Waals surface area contributed by atoms with Crippen molar-refractivity contribution in [1.82, 2.24) is 4.98 Å². The van der Waals surface area contributed by atoms with E-state index in [1.165, 1.54) is 25.1 Å². The van der Waals surface area contributed by atoms with Gasteiger partial charge in [-0.05, 0) is 18.6 Å². The molecule has 0 radical (unpaired) electrons. The van der Waals surface area contributed by atoms with Crippen molar-refractivity contribution < 1.29 is 14.8 Å². The van der Waals surface area contributed by atoms with Gasteiger partial charge in [-0.2, -0.15) is 0 Å². The number of carbonyl (C=O) groups is 1. The quantitative estimate of drug-likeness (QED) is 0.644. The Kier molecular flexibility index (Phi) is 3.04. The number of hydrogen-bond acceptors (Lipinski definition) is 4. The molecule has 0 aliphatic carbocycles. The predicted molar refractivity (Wildman–Crippen MR) is 67.3 cm³/mol. The maximum atomic E-state index is 11.5. The highest BCUT2D eigenvalue weighted by atomic mass is 16.6. The van der Waals surface area contributed by atoms with E-state index in [-0.39, 0.29) is 11.3 Å². The van der Waals surface area contributed by atoms with Crippen LogP contribution in [0.1, 0.15) is 18.4 Å². The van der Waals surface area contributed by atoms with Crippen molar-refractivity contribution in [3.8, 4) is 0 Å². The standard InChI is InChI=1S/C12H10N2O5/c1-6(12(16)17)8-5-11(15)13-10-3-2-7(14(18)19)4-9(8)10/h2-6H,1H3,(H,13,15)(H,16,17). The van der Waals surface area contributed by atoms with Crippen LogP contribution in [0.4, 0.5) is 5.69 Å². The zero-order valence-electron chi connectivity index (χ0n) is 9.91. The number of fused-ring (bicyclic) bond motifs is 1. The van der Waals surface area contributed by atoms with E-state index in [1.807, 2.05) is 0 Å². The molecule has 0 bridgehead atoms. The minimum Gasteiger partial charge on any atom is -0.481 e. The first-order valence-electron chi connectivity index (χ1n) is 5.44. The molecule has 1 aromatic heterocycles. The van der Waals surface area contributed by atoms with Crippen molar-refractivity contribution in [2.45, 2.75) is 12.8 Å². The number of rotatable bonds is 3. The van der Waals surface area contributed by atoms with Gasteiger partial charge in [0.05, 0.1) is 10.8 Å². The van der Waals surface area contributed by atoms with E-state index < -0.39 is 22.4 Å². The van der Waals surface area contributed by atoms with Gasteiger partial charge in [-0.1, -0.05) is 0 Å². The lowest BCUT2D eigenvalue weighted by Crippen LogP contribution is -2.13. The van der Waals surface area contributed by atoms with Crippen LogP contribution < -0.4 is 5.56 Å². The number of nitrogens with zero attached hydrogens (tertiary/aromatic N) is 1. The molecular formula is C12H10N2O5. The predicted octanol–water partition coefficient (Wildman–Crippen LogP) is 1.62. The first kappa shape index (κ1) is 12.7. The van der Waals surface area contributed by atoms with Crippen LogP contribution in [0.25, 0.3) is 10.9 Å². The van der Waals surface area contributed by atoms with E-state index >= 15 is 0 Å². The Morgan fingerprint density at radius 3 is 2.68 bits per heavy atom. The average Bonchev–Trinajstić information content (AvgIpc) is 2.35. The molecule has 0 spiro atoms. The third-order valence-electron chi connectivity index (χ3n) is 2.91. The van der Waals surface area contributed by atoms with Crippen molar-refractivity contribution in [3.63, 3.8) is 0 Å². The Bertz CT molecular complexity index is 734. The van der Waals surface area contributed by atoms with Crippen molar-refractivity contribution in [1.29, 1.82) is 0 Å².